The van der Waals surface area contributed by atoms with Crippen LogP contribution in [-0.2, 0) is 6.61 Å². The van der Waals surface area contributed by atoms with E-state index in [0.29, 0.717) is 35.1 Å². The lowest BCUT2D eigenvalue weighted by Crippen LogP contribution is -2.37. The summed E-state index contributed by atoms with van der Waals surface area (Å²) in [5, 5.41) is 10.2. The Morgan fingerprint density at radius 3 is 2.72 bits per heavy atom. The predicted molar refractivity (Wildman–Crippen MR) is 113 cm³/mol. The van der Waals surface area contributed by atoms with Gasteiger partial charge in [0.1, 0.15) is 18.4 Å². The zero-order valence-electron chi connectivity index (χ0n) is 16.3. The van der Waals surface area contributed by atoms with E-state index in [0.717, 1.165) is 36.3 Å². The zero-order valence-corrected chi connectivity index (χ0v) is 17.0. The Hall–Kier alpha value is -2.97. The number of nitriles is 1. The molecule has 4 rings (SSSR count). The number of benzene rings is 2. The summed E-state index contributed by atoms with van der Waals surface area (Å²) in [6.45, 7) is 3.44. The van der Waals surface area contributed by atoms with Crippen LogP contribution in [0.2, 0.25) is 5.02 Å². The van der Waals surface area contributed by atoms with Crippen molar-refractivity contribution in [2.75, 3.05) is 11.4 Å². The van der Waals surface area contributed by atoms with Crippen LogP contribution < -0.4 is 9.64 Å². The Morgan fingerprint density at radius 2 is 2.00 bits per heavy atom. The third-order valence-corrected chi connectivity index (χ3v) is 5.60. The zero-order chi connectivity index (χ0) is 20.2. The highest BCUT2D eigenvalue weighted by Crippen LogP contribution is 2.32. The van der Waals surface area contributed by atoms with Gasteiger partial charge >= 0.3 is 0 Å². The summed E-state index contributed by atoms with van der Waals surface area (Å²) in [4.78, 5) is 6.57. The molecule has 5 nitrogen and oxygen atoms in total. The molecule has 0 bridgehead atoms. The van der Waals surface area contributed by atoms with Gasteiger partial charge in [-0.2, -0.15) is 10.2 Å². The van der Waals surface area contributed by atoms with Crippen molar-refractivity contribution in [2.45, 2.75) is 38.8 Å². The molecule has 2 aromatic carbocycles. The van der Waals surface area contributed by atoms with Crippen LogP contribution in [0.4, 0.5) is 5.88 Å². The number of halogens is 1. The summed E-state index contributed by atoms with van der Waals surface area (Å²) in [7, 11) is 0. The molecule has 1 aliphatic rings. The number of hydrogen-bond acceptors (Lipinski definition) is 5. The van der Waals surface area contributed by atoms with E-state index in [1.807, 2.05) is 48.5 Å². The highest BCUT2D eigenvalue weighted by molar-refractivity contribution is 6.31. The van der Waals surface area contributed by atoms with Crippen LogP contribution >= 0.6 is 11.6 Å². The number of oxazole rings is 1. The topological polar surface area (TPSA) is 62.3 Å². The van der Waals surface area contributed by atoms with Crippen LogP contribution in [-0.4, -0.2) is 17.6 Å². The van der Waals surface area contributed by atoms with Gasteiger partial charge in [0.2, 0.25) is 17.5 Å². The van der Waals surface area contributed by atoms with Crippen molar-refractivity contribution < 1.29 is 9.15 Å². The molecule has 1 fully saturated rings. The minimum Gasteiger partial charge on any atom is -0.489 e. The van der Waals surface area contributed by atoms with Gasteiger partial charge in [-0.05, 0) is 56.5 Å². The molecule has 0 spiro atoms. The lowest BCUT2D eigenvalue weighted by atomic mass is 10.0. The number of ether oxygens (including phenoxy) is 1. The molecule has 3 aromatic rings. The molecule has 1 aromatic heterocycles. The Morgan fingerprint density at radius 1 is 1.21 bits per heavy atom. The van der Waals surface area contributed by atoms with Crippen molar-refractivity contribution in [3.63, 3.8) is 0 Å². The Labute approximate surface area is 175 Å². The fourth-order valence-electron chi connectivity index (χ4n) is 3.57. The summed E-state index contributed by atoms with van der Waals surface area (Å²) in [5.74, 6) is 1.76. The first kappa shape index (κ1) is 19.4. The molecule has 1 atom stereocenters. The van der Waals surface area contributed by atoms with E-state index in [-0.39, 0.29) is 0 Å². The fraction of sp³-hybridized carbons (Fsp3) is 0.304. The molecule has 0 radical (unpaired) electrons. The Balaban J connectivity index is 1.50. The highest BCUT2D eigenvalue weighted by atomic mass is 35.5. The number of rotatable bonds is 5. The van der Waals surface area contributed by atoms with Gasteiger partial charge < -0.3 is 14.1 Å². The monoisotopic (exact) mass is 407 g/mol. The van der Waals surface area contributed by atoms with E-state index in [1.165, 1.54) is 6.42 Å². The van der Waals surface area contributed by atoms with E-state index in [9.17, 15) is 5.26 Å². The van der Waals surface area contributed by atoms with E-state index in [1.54, 1.807) is 0 Å². The second kappa shape index (κ2) is 8.59. The van der Waals surface area contributed by atoms with Crippen molar-refractivity contribution in [3.8, 4) is 23.3 Å². The minimum atomic E-state index is 0.341. The van der Waals surface area contributed by atoms with Gasteiger partial charge in [0.05, 0.1) is 0 Å². The molecular weight excluding hydrogens is 386 g/mol. The van der Waals surface area contributed by atoms with E-state index in [4.69, 9.17) is 20.8 Å². The van der Waals surface area contributed by atoms with Crippen LogP contribution in [0.3, 0.4) is 0 Å². The van der Waals surface area contributed by atoms with Crippen LogP contribution in [0, 0.1) is 11.3 Å². The van der Waals surface area contributed by atoms with Crippen molar-refractivity contribution in [1.29, 1.82) is 5.26 Å². The fourth-order valence-corrected chi connectivity index (χ4v) is 3.76. The largest absolute Gasteiger partial charge is 0.489 e. The van der Waals surface area contributed by atoms with Crippen LogP contribution in [0.25, 0.3) is 11.5 Å². The molecule has 1 saturated heterocycles. The average molecular weight is 408 g/mol. The van der Waals surface area contributed by atoms with E-state index >= 15 is 0 Å². The quantitative estimate of drug-likeness (QED) is 0.532. The average Bonchev–Trinajstić information content (AvgIpc) is 3.18. The lowest BCUT2D eigenvalue weighted by Gasteiger charge is -2.32. The lowest BCUT2D eigenvalue weighted by molar-refractivity contribution is 0.306. The van der Waals surface area contributed by atoms with E-state index < -0.39 is 0 Å². The van der Waals surface area contributed by atoms with Crippen molar-refractivity contribution >= 4 is 17.5 Å². The number of nitrogens with zero attached hydrogens (tertiary/aromatic N) is 3. The first-order valence-electron chi connectivity index (χ1n) is 9.80. The molecular formula is C23H22ClN3O2. The molecule has 148 valence electrons. The number of hydrogen-bond donors (Lipinski definition) is 0. The minimum absolute atomic E-state index is 0.341. The summed E-state index contributed by atoms with van der Waals surface area (Å²) in [6, 6.07) is 17.6. The Kier molecular flexibility index (Phi) is 5.73. The van der Waals surface area contributed by atoms with Crippen LogP contribution in [0.1, 0.15) is 37.4 Å². The van der Waals surface area contributed by atoms with Gasteiger partial charge in [0.25, 0.3) is 0 Å². The molecule has 0 amide bonds. The maximum Gasteiger partial charge on any atom is 0.235 e. The summed E-state index contributed by atoms with van der Waals surface area (Å²) >= 11 is 6.17. The van der Waals surface area contributed by atoms with Crippen molar-refractivity contribution in [1.82, 2.24) is 4.98 Å². The summed E-state index contributed by atoms with van der Waals surface area (Å²) in [6.07, 6.45) is 3.40. The number of aromatic nitrogens is 1. The molecule has 29 heavy (non-hydrogen) atoms. The summed E-state index contributed by atoms with van der Waals surface area (Å²) in [5.41, 5.74) is 2.08. The number of anilines is 1. The molecule has 0 saturated carbocycles. The van der Waals surface area contributed by atoms with Gasteiger partial charge in [-0.1, -0.05) is 29.8 Å². The molecule has 6 heteroatoms. The standard InChI is InChI=1S/C23H22ClN3O2/c1-16-6-4-5-13-27(16)23-21(14-25)26-22(29-23)17-9-11-19(12-10-17)28-15-18-7-2-3-8-20(18)24/h2-3,7-12,16H,4-6,13,15H2,1H3/t16-/m0/s1. The SMILES string of the molecule is C[C@H]1CCCCN1c1oc(-c2ccc(OCc3ccccc3Cl)cc2)nc1C#N. The molecule has 0 N–H and O–H groups in total. The van der Waals surface area contributed by atoms with Crippen molar-refractivity contribution in [2.24, 2.45) is 0 Å². The smallest absolute Gasteiger partial charge is 0.235 e. The summed E-state index contributed by atoms with van der Waals surface area (Å²) < 4.78 is 11.8. The van der Waals surface area contributed by atoms with Gasteiger partial charge in [-0.15, -0.1) is 0 Å². The second-order valence-corrected chi connectivity index (χ2v) is 7.63. The van der Waals surface area contributed by atoms with Crippen LogP contribution in [0.15, 0.2) is 52.9 Å². The Bertz CT molecular complexity index is 1020. The molecule has 0 aliphatic carbocycles. The van der Waals surface area contributed by atoms with Gasteiger partial charge in [0, 0.05) is 28.7 Å². The third-order valence-electron chi connectivity index (χ3n) is 5.23. The van der Waals surface area contributed by atoms with Crippen molar-refractivity contribution in [3.05, 3.63) is 64.8 Å². The van der Waals surface area contributed by atoms with E-state index in [2.05, 4.69) is 22.9 Å². The maximum atomic E-state index is 9.51. The molecule has 2 heterocycles. The van der Waals surface area contributed by atoms with Gasteiger partial charge in [0.15, 0.2) is 0 Å². The highest BCUT2D eigenvalue weighted by Gasteiger charge is 2.26. The first-order valence-corrected chi connectivity index (χ1v) is 10.2. The normalized spacial score (nSPS) is 16.4. The maximum absolute atomic E-state index is 9.51. The van der Waals surface area contributed by atoms with Gasteiger partial charge in [-0.25, -0.2) is 0 Å². The van der Waals surface area contributed by atoms with Gasteiger partial charge in [-0.3, -0.25) is 0 Å². The number of piperidine rings is 1. The molecule has 1 aliphatic heterocycles. The third kappa shape index (κ3) is 4.23. The molecule has 0 unspecified atom stereocenters. The van der Waals surface area contributed by atoms with Crippen LogP contribution in [0.5, 0.6) is 5.75 Å². The predicted octanol–water partition coefficient (Wildman–Crippen LogP) is 5.82. The second-order valence-electron chi connectivity index (χ2n) is 7.23. The first-order chi connectivity index (χ1) is 14.2.